The molecule has 0 spiro atoms. The molecule has 1 aromatic carbocycles. The van der Waals surface area contributed by atoms with Gasteiger partial charge >= 0.3 is 0 Å². The molecule has 0 N–H and O–H groups in total. The minimum absolute atomic E-state index is 0.0540. The van der Waals surface area contributed by atoms with E-state index in [4.69, 9.17) is 4.74 Å². The fourth-order valence-electron chi connectivity index (χ4n) is 5.13. The van der Waals surface area contributed by atoms with E-state index >= 15 is 0 Å². The van der Waals surface area contributed by atoms with Crippen molar-refractivity contribution in [2.45, 2.75) is 50.6 Å². The van der Waals surface area contributed by atoms with Crippen molar-refractivity contribution in [3.63, 3.8) is 0 Å². The van der Waals surface area contributed by atoms with Crippen LogP contribution in [-0.4, -0.2) is 59.5 Å². The van der Waals surface area contributed by atoms with Crippen molar-refractivity contribution in [2.24, 2.45) is 0 Å². The number of carbonyl (C=O) groups is 1. The molecular formula is C24H31N3O2. The molecular weight excluding hydrogens is 362 g/mol. The van der Waals surface area contributed by atoms with E-state index in [2.05, 4.69) is 52.2 Å². The topological polar surface area (TPSA) is 45.7 Å². The molecule has 2 aromatic rings. The van der Waals surface area contributed by atoms with Crippen molar-refractivity contribution in [2.75, 3.05) is 26.7 Å². The van der Waals surface area contributed by atoms with E-state index in [1.165, 1.54) is 12.0 Å². The number of benzene rings is 1. The third kappa shape index (κ3) is 4.01. The summed E-state index contributed by atoms with van der Waals surface area (Å²) in [5.41, 5.74) is 1.97. The molecule has 2 aliphatic heterocycles. The van der Waals surface area contributed by atoms with E-state index in [0.717, 1.165) is 32.4 Å². The predicted octanol–water partition coefficient (Wildman–Crippen LogP) is 3.96. The lowest BCUT2D eigenvalue weighted by Crippen LogP contribution is -2.58. The lowest BCUT2D eigenvalue weighted by atomic mass is 9.79. The molecule has 2 fully saturated rings. The number of amides is 1. The summed E-state index contributed by atoms with van der Waals surface area (Å²) in [6.07, 6.45) is 6.05. The van der Waals surface area contributed by atoms with Crippen molar-refractivity contribution in [3.05, 3.63) is 59.8 Å². The van der Waals surface area contributed by atoms with E-state index in [1.54, 1.807) is 6.20 Å². The van der Waals surface area contributed by atoms with Gasteiger partial charge in [0.1, 0.15) is 5.56 Å². The SMILES string of the molecule is CCOc1ncccc1C(=O)N1CC[C@H](c2ccccc2)[C@@H]2[C@H]1CCCCN2C. The first-order chi connectivity index (χ1) is 14.2. The Morgan fingerprint density at radius 2 is 1.93 bits per heavy atom. The Bertz CT molecular complexity index is 826. The van der Waals surface area contributed by atoms with Crippen molar-refractivity contribution in [1.29, 1.82) is 0 Å². The number of fused-ring (bicyclic) bond motifs is 1. The van der Waals surface area contributed by atoms with Gasteiger partial charge in [0, 0.05) is 30.7 Å². The zero-order valence-corrected chi connectivity index (χ0v) is 17.5. The quantitative estimate of drug-likeness (QED) is 0.789. The van der Waals surface area contributed by atoms with Gasteiger partial charge in [-0.05, 0) is 57.5 Å². The van der Waals surface area contributed by atoms with Gasteiger partial charge in [-0.2, -0.15) is 0 Å². The number of carbonyl (C=O) groups excluding carboxylic acids is 1. The number of hydrogen-bond donors (Lipinski definition) is 0. The molecule has 5 nitrogen and oxygen atoms in total. The zero-order chi connectivity index (χ0) is 20.2. The third-order valence-corrected chi connectivity index (χ3v) is 6.43. The molecule has 2 aliphatic rings. The number of rotatable bonds is 4. The van der Waals surface area contributed by atoms with Gasteiger partial charge in [-0.1, -0.05) is 36.8 Å². The second-order valence-electron chi connectivity index (χ2n) is 8.13. The summed E-state index contributed by atoms with van der Waals surface area (Å²) in [7, 11) is 2.22. The Morgan fingerprint density at radius 3 is 2.72 bits per heavy atom. The summed E-state index contributed by atoms with van der Waals surface area (Å²) in [4.78, 5) is 22.5. The highest BCUT2D eigenvalue weighted by atomic mass is 16.5. The number of pyridine rings is 1. The van der Waals surface area contributed by atoms with Crippen LogP contribution in [0.4, 0.5) is 0 Å². The number of piperidine rings is 1. The van der Waals surface area contributed by atoms with Crippen LogP contribution in [0.25, 0.3) is 0 Å². The smallest absolute Gasteiger partial charge is 0.259 e. The second kappa shape index (κ2) is 8.95. The molecule has 1 amide bonds. The molecule has 0 radical (unpaired) electrons. The number of ether oxygens (including phenoxy) is 1. The van der Waals surface area contributed by atoms with Gasteiger partial charge in [0.15, 0.2) is 0 Å². The predicted molar refractivity (Wildman–Crippen MR) is 114 cm³/mol. The van der Waals surface area contributed by atoms with Gasteiger partial charge in [-0.25, -0.2) is 4.98 Å². The first kappa shape index (κ1) is 19.9. The van der Waals surface area contributed by atoms with Crippen LogP contribution in [0.1, 0.15) is 54.4 Å². The van der Waals surface area contributed by atoms with Crippen molar-refractivity contribution in [1.82, 2.24) is 14.8 Å². The van der Waals surface area contributed by atoms with Gasteiger partial charge in [0.2, 0.25) is 5.88 Å². The van der Waals surface area contributed by atoms with Crippen LogP contribution in [0.3, 0.4) is 0 Å². The van der Waals surface area contributed by atoms with Crippen molar-refractivity contribution < 1.29 is 9.53 Å². The molecule has 29 heavy (non-hydrogen) atoms. The zero-order valence-electron chi connectivity index (χ0n) is 17.5. The fourth-order valence-corrected chi connectivity index (χ4v) is 5.13. The monoisotopic (exact) mass is 393 g/mol. The fraction of sp³-hybridized carbons (Fsp3) is 0.500. The number of nitrogens with zero attached hydrogens (tertiary/aromatic N) is 3. The van der Waals surface area contributed by atoms with Crippen LogP contribution in [0.5, 0.6) is 5.88 Å². The van der Waals surface area contributed by atoms with E-state index in [9.17, 15) is 4.79 Å². The summed E-state index contributed by atoms with van der Waals surface area (Å²) in [6.45, 7) is 4.28. The highest BCUT2D eigenvalue weighted by molar-refractivity contribution is 5.96. The number of aromatic nitrogens is 1. The van der Waals surface area contributed by atoms with E-state index in [0.29, 0.717) is 30.0 Å². The molecule has 2 saturated heterocycles. The van der Waals surface area contributed by atoms with Crippen LogP contribution in [0.2, 0.25) is 0 Å². The molecule has 0 unspecified atom stereocenters. The highest BCUT2D eigenvalue weighted by Crippen LogP contribution is 2.39. The minimum atomic E-state index is 0.0540. The summed E-state index contributed by atoms with van der Waals surface area (Å²) in [5, 5.41) is 0. The van der Waals surface area contributed by atoms with Gasteiger partial charge < -0.3 is 14.5 Å². The standard InChI is InChI=1S/C24H31N3O2/c1-3-29-23-20(12-9-15-25-23)24(28)27-17-14-19(18-10-5-4-6-11-18)22-21(27)13-7-8-16-26(22)2/h4-6,9-12,15,19,21-22H,3,7-8,13-14,16-17H2,1-2H3/t19-,21-,22-/m1/s1. The normalized spacial score (nSPS) is 25.2. The maximum absolute atomic E-state index is 13.6. The molecule has 154 valence electrons. The summed E-state index contributed by atoms with van der Waals surface area (Å²) in [6, 6.07) is 15.0. The van der Waals surface area contributed by atoms with Crippen LogP contribution in [0, 0.1) is 0 Å². The van der Waals surface area contributed by atoms with Gasteiger partial charge in [0.25, 0.3) is 5.91 Å². The summed E-state index contributed by atoms with van der Waals surface area (Å²) >= 11 is 0. The first-order valence-electron chi connectivity index (χ1n) is 10.8. The Kier molecular flexibility index (Phi) is 6.14. The van der Waals surface area contributed by atoms with Crippen LogP contribution >= 0.6 is 0 Å². The maximum Gasteiger partial charge on any atom is 0.259 e. The highest BCUT2D eigenvalue weighted by Gasteiger charge is 2.43. The van der Waals surface area contributed by atoms with Gasteiger partial charge in [-0.3, -0.25) is 4.79 Å². The average Bonchev–Trinajstić information content (AvgIpc) is 2.96. The van der Waals surface area contributed by atoms with Crippen LogP contribution in [-0.2, 0) is 0 Å². The molecule has 3 heterocycles. The lowest BCUT2D eigenvalue weighted by molar-refractivity contribution is 0.0315. The molecule has 0 aliphatic carbocycles. The molecule has 1 aromatic heterocycles. The van der Waals surface area contributed by atoms with Crippen LogP contribution in [0.15, 0.2) is 48.7 Å². The Labute approximate surface area is 173 Å². The number of likely N-dealkylation sites (N-methyl/N-ethyl adjacent to an activating group) is 1. The van der Waals surface area contributed by atoms with E-state index in [-0.39, 0.29) is 11.9 Å². The lowest BCUT2D eigenvalue weighted by Gasteiger charge is -2.48. The maximum atomic E-state index is 13.6. The van der Waals surface area contributed by atoms with Crippen molar-refractivity contribution in [3.8, 4) is 5.88 Å². The Morgan fingerprint density at radius 1 is 1.10 bits per heavy atom. The molecule has 4 rings (SSSR count). The largest absolute Gasteiger partial charge is 0.477 e. The molecule has 3 atom stereocenters. The molecule has 0 saturated carbocycles. The first-order valence-corrected chi connectivity index (χ1v) is 10.8. The van der Waals surface area contributed by atoms with E-state index in [1.807, 2.05) is 19.1 Å². The minimum Gasteiger partial charge on any atom is -0.477 e. The summed E-state index contributed by atoms with van der Waals surface area (Å²) in [5.74, 6) is 0.954. The van der Waals surface area contributed by atoms with Gasteiger partial charge in [-0.15, -0.1) is 0 Å². The van der Waals surface area contributed by atoms with E-state index < -0.39 is 0 Å². The number of hydrogen-bond acceptors (Lipinski definition) is 4. The third-order valence-electron chi connectivity index (χ3n) is 6.43. The summed E-state index contributed by atoms with van der Waals surface area (Å²) < 4.78 is 5.65. The number of likely N-dealkylation sites (tertiary alicyclic amines) is 2. The Hall–Kier alpha value is -2.40. The average molecular weight is 394 g/mol. The van der Waals surface area contributed by atoms with Gasteiger partial charge in [0.05, 0.1) is 6.61 Å². The second-order valence-corrected chi connectivity index (χ2v) is 8.13. The van der Waals surface area contributed by atoms with Crippen LogP contribution < -0.4 is 4.74 Å². The molecule has 0 bridgehead atoms. The Balaban J connectivity index is 1.67. The molecule has 5 heteroatoms. The van der Waals surface area contributed by atoms with Crippen molar-refractivity contribution >= 4 is 5.91 Å².